The van der Waals surface area contributed by atoms with Gasteiger partial charge in [0, 0.05) is 13.1 Å². The molecule has 0 spiro atoms. The molecular weight excluding hydrogens is 354 g/mol. The quantitative estimate of drug-likeness (QED) is 0.867. The van der Waals surface area contributed by atoms with Crippen LogP contribution in [0.25, 0.3) is 0 Å². The summed E-state index contributed by atoms with van der Waals surface area (Å²) in [5, 5.41) is 7.66. The van der Waals surface area contributed by atoms with Crippen molar-refractivity contribution in [1.82, 2.24) is 15.1 Å². The number of carbonyl (C=O) groups is 1. The predicted molar refractivity (Wildman–Crippen MR) is 93.2 cm³/mol. The smallest absolute Gasteiger partial charge is 0.273 e. The van der Waals surface area contributed by atoms with Crippen LogP contribution in [0.2, 0.25) is 0 Å². The van der Waals surface area contributed by atoms with Gasteiger partial charge in [0.15, 0.2) is 5.69 Å². The van der Waals surface area contributed by atoms with Gasteiger partial charge in [-0.15, -0.1) is 0 Å². The number of aromatic nitrogens is 2. The van der Waals surface area contributed by atoms with Crippen molar-refractivity contribution >= 4 is 21.8 Å². The van der Waals surface area contributed by atoms with E-state index in [0.29, 0.717) is 11.1 Å². The Balaban J connectivity index is 1.52. The zero-order valence-corrected chi connectivity index (χ0v) is 15.8. The van der Waals surface area contributed by atoms with Crippen LogP contribution in [-0.2, 0) is 7.05 Å². The molecule has 5 heteroatoms. The van der Waals surface area contributed by atoms with E-state index in [1.165, 1.54) is 38.5 Å². The number of aryl methyl sites for hydroxylation is 1. The minimum atomic E-state index is -0.0381. The first-order chi connectivity index (χ1) is 10.9. The molecule has 1 amide bonds. The second-order valence-corrected chi connectivity index (χ2v) is 9.14. The van der Waals surface area contributed by atoms with Crippen LogP contribution in [-0.4, -0.2) is 21.7 Å². The maximum atomic E-state index is 12.7. The molecule has 0 saturated heterocycles. The molecule has 5 rings (SSSR count). The Hall–Kier alpha value is -0.840. The molecule has 1 N–H and O–H groups in total. The second-order valence-electron chi connectivity index (χ2n) is 8.35. The molecular formula is C18H26BrN3O. The summed E-state index contributed by atoms with van der Waals surface area (Å²) in [4.78, 5) is 12.7. The van der Waals surface area contributed by atoms with Crippen LogP contribution < -0.4 is 5.32 Å². The van der Waals surface area contributed by atoms with E-state index in [4.69, 9.17) is 0 Å². The van der Waals surface area contributed by atoms with Gasteiger partial charge in [-0.1, -0.05) is 0 Å². The third kappa shape index (κ3) is 2.46. The number of hydrogen-bond acceptors (Lipinski definition) is 2. The highest BCUT2D eigenvalue weighted by Crippen LogP contribution is 2.61. The Morgan fingerprint density at radius 2 is 1.78 bits per heavy atom. The molecule has 4 aliphatic carbocycles. The molecule has 0 radical (unpaired) electrons. The lowest BCUT2D eigenvalue weighted by Gasteiger charge is -2.59. The number of nitrogens with zero attached hydrogens (tertiary/aromatic N) is 2. The number of nitrogens with one attached hydrogen (secondary N) is 1. The van der Waals surface area contributed by atoms with E-state index in [-0.39, 0.29) is 11.9 Å². The molecule has 4 saturated carbocycles. The fraction of sp³-hybridized carbons (Fsp3) is 0.778. The summed E-state index contributed by atoms with van der Waals surface area (Å²) in [6.45, 7) is 4.19. The number of amides is 1. The van der Waals surface area contributed by atoms with Gasteiger partial charge in [-0.2, -0.15) is 5.10 Å². The Morgan fingerprint density at radius 3 is 2.22 bits per heavy atom. The van der Waals surface area contributed by atoms with Crippen molar-refractivity contribution in [2.75, 3.05) is 0 Å². The van der Waals surface area contributed by atoms with Gasteiger partial charge in [-0.05, 0) is 91.5 Å². The first-order valence-electron chi connectivity index (χ1n) is 8.88. The Kier molecular flexibility index (Phi) is 3.63. The summed E-state index contributed by atoms with van der Waals surface area (Å²) in [6, 6.07) is 0.234. The summed E-state index contributed by atoms with van der Waals surface area (Å²) in [5.74, 6) is 2.68. The summed E-state index contributed by atoms with van der Waals surface area (Å²) in [7, 11) is 1.87. The van der Waals surface area contributed by atoms with Crippen molar-refractivity contribution in [3.05, 3.63) is 15.9 Å². The standard InChI is InChI=1S/C18H26BrN3O/c1-10-15(19)16(21-22(10)3)17(23)20-11(2)18-7-12-4-13(8-18)6-14(5-12)9-18/h11-14H,4-9H2,1-3H3,(H,20,23)/t11-,12?,13?,14?,18?/m1/s1. The van der Waals surface area contributed by atoms with Gasteiger partial charge in [0.05, 0.1) is 10.2 Å². The molecule has 4 fully saturated rings. The van der Waals surface area contributed by atoms with Crippen molar-refractivity contribution in [2.45, 2.75) is 58.4 Å². The fourth-order valence-electron chi connectivity index (χ4n) is 5.85. The van der Waals surface area contributed by atoms with E-state index in [2.05, 4.69) is 33.3 Å². The lowest BCUT2D eigenvalue weighted by atomic mass is 9.48. The molecule has 1 heterocycles. The zero-order chi connectivity index (χ0) is 16.4. The van der Waals surface area contributed by atoms with E-state index in [1.54, 1.807) is 4.68 Å². The van der Waals surface area contributed by atoms with Gasteiger partial charge in [0.2, 0.25) is 0 Å². The molecule has 4 nitrogen and oxygen atoms in total. The SMILES string of the molecule is Cc1c(Br)c(C(=O)N[C@H](C)C23CC4CC(CC(C4)C2)C3)nn1C. The second kappa shape index (κ2) is 5.33. The number of rotatable bonds is 3. The molecule has 1 atom stereocenters. The van der Waals surface area contributed by atoms with Gasteiger partial charge in [0.25, 0.3) is 5.91 Å². The number of hydrogen-bond donors (Lipinski definition) is 1. The maximum absolute atomic E-state index is 12.7. The van der Waals surface area contributed by atoms with E-state index in [0.717, 1.165) is 27.9 Å². The third-order valence-corrected chi connectivity index (χ3v) is 7.78. The van der Waals surface area contributed by atoms with E-state index in [1.807, 2.05) is 14.0 Å². The van der Waals surface area contributed by atoms with Crippen LogP contribution in [0.1, 0.15) is 61.6 Å². The van der Waals surface area contributed by atoms with Gasteiger partial charge >= 0.3 is 0 Å². The van der Waals surface area contributed by atoms with Crippen LogP contribution in [0.3, 0.4) is 0 Å². The average Bonchev–Trinajstić information content (AvgIpc) is 2.73. The maximum Gasteiger partial charge on any atom is 0.273 e. The molecule has 23 heavy (non-hydrogen) atoms. The van der Waals surface area contributed by atoms with Crippen LogP contribution in [0.15, 0.2) is 4.47 Å². The van der Waals surface area contributed by atoms with Gasteiger partial charge < -0.3 is 5.32 Å². The van der Waals surface area contributed by atoms with Crippen LogP contribution in [0, 0.1) is 30.1 Å². The van der Waals surface area contributed by atoms with Gasteiger partial charge in [-0.3, -0.25) is 9.48 Å². The molecule has 1 aromatic rings. The number of halogens is 1. The van der Waals surface area contributed by atoms with E-state index in [9.17, 15) is 4.79 Å². The van der Waals surface area contributed by atoms with Gasteiger partial charge in [0.1, 0.15) is 0 Å². The van der Waals surface area contributed by atoms with Crippen LogP contribution >= 0.6 is 15.9 Å². The third-order valence-electron chi connectivity index (χ3n) is 6.83. The molecule has 126 valence electrons. The highest BCUT2D eigenvalue weighted by molar-refractivity contribution is 9.10. The summed E-state index contributed by atoms with van der Waals surface area (Å²) in [6.07, 6.45) is 8.23. The van der Waals surface area contributed by atoms with E-state index < -0.39 is 0 Å². The lowest BCUT2D eigenvalue weighted by molar-refractivity contribution is -0.0688. The summed E-state index contributed by atoms with van der Waals surface area (Å²) < 4.78 is 2.57. The van der Waals surface area contributed by atoms with Crippen LogP contribution in [0.5, 0.6) is 0 Å². The van der Waals surface area contributed by atoms with Crippen molar-refractivity contribution in [1.29, 1.82) is 0 Å². The molecule has 0 aliphatic heterocycles. The molecule has 0 unspecified atom stereocenters. The lowest BCUT2D eigenvalue weighted by Crippen LogP contribution is -2.55. The Morgan fingerprint density at radius 1 is 1.26 bits per heavy atom. The zero-order valence-electron chi connectivity index (χ0n) is 14.2. The largest absolute Gasteiger partial charge is 0.348 e. The van der Waals surface area contributed by atoms with E-state index >= 15 is 0 Å². The minimum Gasteiger partial charge on any atom is -0.348 e. The van der Waals surface area contributed by atoms with Crippen molar-refractivity contribution in [2.24, 2.45) is 30.2 Å². The molecule has 0 aromatic carbocycles. The predicted octanol–water partition coefficient (Wildman–Crippen LogP) is 3.83. The van der Waals surface area contributed by atoms with Crippen molar-refractivity contribution in [3.8, 4) is 0 Å². The first-order valence-corrected chi connectivity index (χ1v) is 9.67. The normalized spacial score (nSPS) is 36.3. The fourth-order valence-corrected chi connectivity index (χ4v) is 6.37. The number of carbonyl (C=O) groups excluding carboxylic acids is 1. The Labute approximate surface area is 146 Å². The van der Waals surface area contributed by atoms with Crippen LogP contribution in [0.4, 0.5) is 0 Å². The van der Waals surface area contributed by atoms with Gasteiger partial charge in [-0.25, -0.2) is 0 Å². The first kappa shape index (κ1) is 15.7. The monoisotopic (exact) mass is 379 g/mol. The minimum absolute atomic E-state index is 0.0381. The summed E-state index contributed by atoms with van der Waals surface area (Å²) in [5.41, 5.74) is 1.83. The topological polar surface area (TPSA) is 46.9 Å². The Bertz CT molecular complexity index is 616. The highest BCUT2D eigenvalue weighted by atomic mass is 79.9. The molecule has 1 aromatic heterocycles. The summed E-state index contributed by atoms with van der Waals surface area (Å²) >= 11 is 3.51. The average molecular weight is 380 g/mol. The highest BCUT2D eigenvalue weighted by Gasteiger charge is 2.53. The van der Waals surface area contributed by atoms with Crippen molar-refractivity contribution in [3.63, 3.8) is 0 Å². The molecule has 4 aliphatic rings. The molecule has 4 bridgehead atoms. The van der Waals surface area contributed by atoms with Crippen molar-refractivity contribution < 1.29 is 4.79 Å².